The Morgan fingerprint density at radius 2 is 1.23 bits per heavy atom. The Labute approximate surface area is 235 Å². The van der Waals surface area contributed by atoms with Crippen molar-refractivity contribution < 1.29 is 4.57 Å². The number of hydrogen-bond donors (Lipinski definition) is 0. The monoisotopic (exact) mass is 547 g/mol. The van der Waals surface area contributed by atoms with E-state index >= 15 is 4.57 Å². The molecule has 0 saturated heterocycles. The maximum atomic E-state index is 15.2. The van der Waals surface area contributed by atoms with Gasteiger partial charge in [-0.05, 0) is 53.6 Å². The van der Waals surface area contributed by atoms with Crippen molar-refractivity contribution in [1.29, 1.82) is 0 Å². The van der Waals surface area contributed by atoms with E-state index in [1.165, 1.54) is 25.6 Å². The molecule has 0 N–H and O–H groups in total. The van der Waals surface area contributed by atoms with Crippen LogP contribution in [0.3, 0.4) is 0 Å². The topological polar surface area (TPSA) is 22.0 Å². The van der Waals surface area contributed by atoms with Crippen LogP contribution in [0.15, 0.2) is 133 Å². The van der Waals surface area contributed by atoms with E-state index in [1.54, 1.807) is 0 Å². The molecule has 0 spiro atoms. The summed E-state index contributed by atoms with van der Waals surface area (Å²) < 4.78 is 20.1. The standard InChI is InChI=1S/C36H22NOPS/c38-39(24-10-2-1-3-11-24)33-16-8-5-13-26(33)29-21-32-28(22-34(29)39)25-12-4-7-15-31(25)37(32)23-18-19-36-30(20-23)27-14-6-9-17-35(27)40-36/h1-22H. The number of fused-ring (bicyclic) bond motifs is 9. The lowest BCUT2D eigenvalue weighted by atomic mass is 10.0. The van der Waals surface area contributed by atoms with E-state index in [1.807, 2.05) is 47.7 Å². The van der Waals surface area contributed by atoms with Gasteiger partial charge < -0.3 is 9.13 Å². The van der Waals surface area contributed by atoms with E-state index < -0.39 is 7.14 Å². The summed E-state index contributed by atoms with van der Waals surface area (Å²) in [7, 11) is -3.01. The van der Waals surface area contributed by atoms with Crippen LogP contribution in [0.5, 0.6) is 0 Å². The molecule has 0 fully saturated rings. The molecule has 1 unspecified atom stereocenters. The molecule has 40 heavy (non-hydrogen) atoms. The van der Waals surface area contributed by atoms with Crippen LogP contribution in [-0.4, -0.2) is 4.57 Å². The molecule has 0 radical (unpaired) electrons. The Hall–Kier alpha value is -4.43. The van der Waals surface area contributed by atoms with E-state index in [0.29, 0.717) is 0 Å². The van der Waals surface area contributed by atoms with Gasteiger partial charge in [-0.15, -0.1) is 11.3 Å². The molecule has 4 heteroatoms. The lowest BCUT2D eigenvalue weighted by molar-refractivity contribution is 0.593. The Morgan fingerprint density at radius 3 is 2.12 bits per heavy atom. The summed E-state index contributed by atoms with van der Waals surface area (Å²) in [4.78, 5) is 0. The zero-order chi connectivity index (χ0) is 26.4. The van der Waals surface area contributed by atoms with Crippen LogP contribution in [0.4, 0.5) is 0 Å². The van der Waals surface area contributed by atoms with Crippen LogP contribution >= 0.6 is 18.5 Å². The van der Waals surface area contributed by atoms with Gasteiger partial charge in [0.2, 0.25) is 0 Å². The van der Waals surface area contributed by atoms with E-state index in [-0.39, 0.29) is 0 Å². The van der Waals surface area contributed by atoms with E-state index in [0.717, 1.165) is 49.1 Å². The van der Waals surface area contributed by atoms with Gasteiger partial charge >= 0.3 is 0 Å². The largest absolute Gasteiger partial charge is 0.309 e. The lowest BCUT2D eigenvalue weighted by Crippen LogP contribution is -2.20. The van der Waals surface area contributed by atoms with Gasteiger partial charge in [-0.25, -0.2) is 0 Å². The average molecular weight is 548 g/mol. The highest BCUT2D eigenvalue weighted by Gasteiger charge is 2.40. The third kappa shape index (κ3) is 2.86. The molecule has 1 atom stereocenters. The molecule has 0 bridgehead atoms. The predicted molar refractivity (Wildman–Crippen MR) is 172 cm³/mol. The minimum Gasteiger partial charge on any atom is -0.309 e. The Morgan fingerprint density at radius 1 is 0.500 bits per heavy atom. The summed E-state index contributed by atoms with van der Waals surface area (Å²) >= 11 is 1.84. The molecule has 1 aliphatic heterocycles. The van der Waals surface area contributed by atoms with E-state index in [2.05, 4.69) is 102 Å². The molecule has 1 aliphatic rings. The maximum Gasteiger partial charge on any atom is 0.172 e. The summed E-state index contributed by atoms with van der Waals surface area (Å²) in [6.45, 7) is 0. The molecule has 3 heterocycles. The summed E-state index contributed by atoms with van der Waals surface area (Å²) in [6, 6.07) is 46.8. The molecule has 6 aromatic carbocycles. The highest BCUT2D eigenvalue weighted by Crippen LogP contribution is 2.53. The molecule has 0 amide bonds. The molecule has 8 aromatic rings. The minimum absolute atomic E-state index is 0.888. The lowest BCUT2D eigenvalue weighted by Gasteiger charge is -2.16. The second-order valence-electron chi connectivity index (χ2n) is 10.5. The van der Waals surface area contributed by atoms with E-state index in [9.17, 15) is 0 Å². The number of nitrogens with zero attached hydrogens (tertiary/aromatic N) is 1. The van der Waals surface area contributed by atoms with Crippen LogP contribution < -0.4 is 15.9 Å². The van der Waals surface area contributed by atoms with Crippen molar-refractivity contribution >= 4 is 76.4 Å². The van der Waals surface area contributed by atoms with Crippen LogP contribution in [0.2, 0.25) is 0 Å². The summed E-state index contributed by atoms with van der Waals surface area (Å²) in [5.41, 5.74) is 5.57. The zero-order valence-corrected chi connectivity index (χ0v) is 23.1. The Bertz CT molecular complexity index is 2360. The van der Waals surface area contributed by atoms with Gasteiger partial charge in [-0.3, -0.25) is 0 Å². The van der Waals surface area contributed by atoms with Gasteiger partial charge in [-0.2, -0.15) is 0 Å². The van der Waals surface area contributed by atoms with Crippen LogP contribution in [0.1, 0.15) is 0 Å². The van der Waals surface area contributed by atoms with Crippen molar-refractivity contribution in [3.63, 3.8) is 0 Å². The SMILES string of the molecule is O=P1(c2ccccc2)c2ccccc2-c2cc3c(cc21)c1ccccc1n3-c1ccc2sc3ccccc3c2c1. The number of hydrogen-bond acceptors (Lipinski definition) is 2. The van der Waals surface area contributed by atoms with Crippen molar-refractivity contribution in [3.8, 4) is 16.8 Å². The number of aromatic nitrogens is 1. The average Bonchev–Trinajstić information content (AvgIpc) is 3.63. The van der Waals surface area contributed by atoms with Gasteiger partial charge in [0.1, 0.15) is 0 Å². The first-order valence-electron chi connectivity index (χ1n) is 13.5. The fourth-order valence-electron chi connectivity index (χ4n) is 6.63. The molecular formula is C36H22NOPS. The van der Waals surface area contributed by atoms with Crippen LogP contribution in [0, 0.1) is 0 Å². The summed E-state index contributed by atoms with van der Waals surface area (Å²) in [5, 5.41) is 7.65. The normalized spacial score (nSPS) is 16.2. The van der Waals surface area contributed by atoms with Crippen molar-refractivity contribution in [2.75, 3.05) is 0 Å². The van der Waals surface area contributed by atoms with Gasteiger partial charge in [0.25, 0.3) is 0 Å². The molecule has 0 aliphatic carbocycles. The van der Waals surface area contributed by atoms with Crippen molar-refractivity contribution in [2.45, 2.75) is 0 Å². The molecule has 188 valence electrons. The number of rotatable bonds is 2. The van der Waals surface area contributed by atoms with Gasteiger partial charge in [-0.1, -0.05) is 91.0 Å². The maximum absolute atomic E-state index is 15.2. The smallest absolute Gasteiger partial charge is 0.172 e. The van der Waals surface area contributed by atoms with Crippen molar-refractivity contribution in [3.05, 3.63) is 133 Å². The fraction of sp³-hybridized carbons (Fsp3) is 0. The number of benzene rings is 6. The first-order valence-corrected chi connectivity index (χ1v) is 16.0. The molecule has 2 nitrogen and oxygen atoms in total. The Kier molecular flexibility index (Phi) is 4.51. The number of para-hydroxylation sites is 1. The molecule has 9 rings (SSSR count). The minimum atomic E-state index is -3.01. The van der Waals surface area contributed by atoms with Gasteiger partial charge in [0.15, 0.2) is 7.14 Å². The van der Waals surface area contributed by atoms with Crippen molar-refractivity contribution in [2.24, 2.45) is 0 Å². The number of thiophene rings is 1. The summed E-state index contributed by atoms with van der Waals surface area (Å²) in [6.07, 6.45) is 0. The van der Waals surface area contributed by atoms with Crippen molar-refractivity contribution in [1.82, 2.24) is 4.57 Å². The highest BCUT2D eigenvalue weighted by atomic mass is 32.1. The fourth-order valence-corrected chi connectivity index (χ4v) is 10.8. The predicted octanol–water partition coefficient (Wildman–Crippen LogP) is 8.77. The first-order chi connectivity index (χ1) is 19.7. The molecule has 0 saturated carbocycles. The second-order valence-corrected chi connectivity index (χ2v) is 14.3. The van der Waals surface area contributed by atoms with Crippen LogP contribution in [-0.2, 0) is 4.57 Å². The molecular weight excluding hydrogens is 525 g/mol. The third-order valence-electron chi connectivity index (χ3n) is 8.40. The highest BCUT2D eigenvalue weighted by molar-refractivity contribution is 7.86. The van der Waals surface area contributed by atoms with E-state index in [4.69, 9.17) is 0 Å². The van der Waals surface area contributed by atoms with Gasteiger partial charge in [0.05, 0.1) is 11.0 Å². The first kappa shape index (κ1) is 22.4. The van der Waals surface area contributed by atoms with Crippen LogP contribution in [0.25, 0.3) is 58.8 Å². The van der Waals surface area contributed by atoms with Gasteiger partial charge in [0, 0.05) is 52.5 Å². The third-order valence-corrected chi connectivity index (χ3v) is 12.7. The quantitative estimate of drug-likeness (QED) is 0.198. The molecule has 2 aromatic heterocycles. The summed E-state index contributed by atoms with van der Waals surface area (Å²) in [5.74, 6) is 0. The zero-order valence-electron chi connectivity index (χ0n) is 21.4. The Balaban J connectivity index is 1.40. The second kappa shape index (κ2) is 8.05.